The predicted molar refractivity (Wildman–Crippen MR) is 156 cm³/mol. The van der Waals surface area contributed by atoms with Gasteiger partial charge in [0.2, 0.25) is 0 Å². The second kappa shape index (κ2) is 11.9. The van der Waals surface area contributed by atoms with Gasteiger partial charge < -0.3 is 9.84 Å². The number of ketones is 2. The van der Waals surface area contributed by atoms with Gasteiger partial charge >= 0.3 is 0 Å². The Morgan fingerprint density at radius 1 is 0.615 bits per heavy atom. The van der Waals surface area contributed by atoms with Crippen molar-refractivity contribution in [1.82, 2.24) is 0 Å². The molecule has 1 aliphatic heterocycles. The summed E-state index contributed by atoms with van der Waals surface area (Å²) in [5.74, 6) is 3.94. The first-order chi connectivity index (χ1) is 18.5. The second-order valence-corrected chi connectivity index (χ2v) is 15.5. The van der Waals surface area contributed by atoms with Gasteiger partial charge in [0.1, 0.15) is 11.6 Å². The van der Waals surface area contributed by atoms with Crippen LogP contribution in [0.4, 0.5) is 0 Å². The summed E-state index contributed by atoms with van der Waals surface area (Å²) in [4.78, 5) is 27.4. The van der Waals surface area contributed by atoms with Gasteiger partial charge in [-0.25, -0.2) is 0 Å². The molecule has 4 nitrogen and oxygen atoms in total. The molecule has 7 unspecified atom stereocenters. The quantitative estimate of drug-likeness (QED) is 0.338. The molecular formula is C35H58O4. The van der Waals surface area contributed by atoms with Crippen molar-refractivity contribution in [3.63, 3.8) is 0 Å². The van der Waals surface area contributed by atoms with Gasteiger partial charge in [-0.2, -0.15) is 0 Å². The molecule has 0 amide bonds. The lowest BCUT2D eigenvalue weighted by atomic mass is 9.63. The van der Waals surface area contributed by atoms with Crippen LogP contribution < -0.4 is 0 Å². The summed E-state index contributed by atoms with van der Waals surface area (Å²) in [6.45, 7) is 11.1. The van der Waals surface area contributed by atoms with Crippen LogP contribution in [0.25, 0.3) is 0 Å². The highest BCUT2D eigenvalue weighted by Gasteiger charge is 2.52. The molecule has 39 heavy (non-hydrogen) atoms. The number of ether oxygens (including phenoxy) is 1. The number of carbonyl (C=O) groups excluding carboxylic acids is 2. The van der Waals surface area contributed by atoms with Crippen molar-refractivity contribution in [2.45, 2.75) is 155 Å². The summed E-state index contributed by atoms with van der Waals surface area (Å²) in [5, 5.41) is 10.7. The van der Waals surface area contributed by atoms with E-state index in [9.17, 15) is 14.7 Å². The van der Waals surface area contributed by atoms with E-state index in [1.54, 1.807) is 0 Å². The van der Waals surface area contributed by atoms with Crippen LogP contribution in [-0.4, -0.2) is 34.5 Å². The topological polar surface area (TPSA) is 63.6 Å². The Bertz CT molecular complexity index is 790. The molecule has 0 aromatic rings. The first-order valence-corrected chi connectivity index (χ1v) is 17.0. The molecule has 222 valence electrons. The molecule has 4 saturated carbocycles. The van der Waals surface area contributed by atoms with Gasteiger partial charge in [-0.05, 0) is 132 Å². The molecule has 1 saturated heterocycles. The highest BCUT2D eigenvalue weighted by Crippen LogP contribution is 2.52. The maximum Gasteiger partial charge on any atom is 0.139 e. The molecule has 7 atom stereocenters. The average Bonchev–Trinajstić information content (AvgIpc) is 3.33. The standard InChI is InChI=1S/C35H58O4/c1-6-34(3,4)26-14-8-22(9-15-26)32(36)24-12-18-30-28(20-24)29-21-25(13-19-31(29)39-30)33(37)23-10-16-27(17-11-23)35(5,38)7-2/h22-31,38H,6-21H2,1-5H3. The van der Waals surface area contributed by atoms with E-state index in [-0.39, 0.29) is 23.7 Å². The number of fused-ring (bicyclic) bond motifs is 3. The number of hydrogen-bond donors (Lipinski definition) is 1. The fourth-order valence-electron chi connectivity index (χ4n) is 9.74. The highest BCUT2D eigenvalue weighted by molar-refractivity contribution is 5.84. The zero-order valence-electron chi connectivity index (χ0n) is 25.8. The molecule has 0 aromatic heterocycles. The molecule has 0 radical (unpaired) electrons. The number of carbonyl (C=O) groups is 2. The van der Waals surface area contributed by atoms with E-state index in [2.05, 4.69) is 27.7 Å². The molecule has 4 aliphatic carbocycles. The molecule has 0 spiro atoms. The van der Waals surface area contributed by atoms with Crippen molar-refractivity contribution < 1.29 is 19.4 Å². The largest absolute Gasteiger partial charge is 0.390 e. The lowest BCUT2D eigenvalue weighted by Crippen LogP contribution is -2.40. The minimum Gasteiger partial charge on any atom is -0.390 e. The normalized spacial score (nSPS) is 42.7. The third-order valence-corrected chi connectivity index (χ3v) is 13.2. The van der Waals surface area contributed by atoms with E-state index in [4.69, 9.17) is 4.74 Å². The van der Waals surface area contributed by atoms with Crippen molar-refractivity contribution in [1.29, 1.82) is 0 Å². The Kier molecular flexibility index (Phi) is 9.05. The van der Waals surface area contributed by atoms with Gasteiger partial charge in [-0.1, -0.05) is 34.1 Å². The van der Waals surface area contributed by atoms with Crippen LogP contribution in [0.2, 0.25) is 0 Å². The lowest BCUT2D eigenvalue weighted by molar-refractivity contribution is -0.132. The number of rotatable bonds is 8. The molecule has 4 heteroatoms. The molecule has 5 rings (SSSR count). The number of aliphatic hydroxyl groups is 1. The fraction of sp³-hybridized carbons (Fsp3) is 0.943. The maximum absolute atomic E-state index is 13.7. The van der Waals surface area contributed by atoms with Crippen LogP contribution in [0, 0.1) is 52.8 Å². The number of hydrogen-bond acceptors (Lipinski definition) is 4. The van der Waals surface area contributed by atoms with E-state index in [0.717, 1.165) is 89.4 Å². The van der Waals surface area contributed by atoms with Crippen LogP contribution in [0.15, 0.2) is 0 Å². The zero-order valence-corrected chi connectivity index (χ0v) is 25.8. The fourth-order valence-corrected chi connectivity index (χ4v) is 9.74. The van der Waals surface area contributed by atoms with E-state index in [0.29, 0.717) is 46.9 Å². The van der Waals surface area contributed by atoms with Gasteiger partial charge in [0, 0.05) is 23.7 Å². The van der Waals surface area contributed by atoms with Gasteiger partial charge in [-0.3, -0.25) is 9.59 Å². The van der Waals surface area contributed by atoms with Crippen LogP contribution in [0.1, 0.15) is 137 Å². The van der Waals surface area contributed by atoms with Crippen molar-refractivity contribution >= 4 is 11.6 Å². The summed E-state index contributed by atoms with van der Waals surface area (Å²) in [5.41, 5.74) is -0.200. The maximum atomic E-state index is 13.7. The average molecular weight is 543 g/mol. The van der Waals surface area contributed by atoms with Gasteiger partial charge in [0.15, 0.2) is 0 Å². The first-order valence-electron chi connectivity index (χ1n) is 17.0. The summed E-state index contributed by atoms with van der Waals surface area (Å²) in [6.07, 6.45) is 17.1. The third-order valence-electron chi connectivity index (χ3n) is 13.2. The summed E-state index contributed by atoms with van der Waals surface area (Å²) < 4.78 is 6.59. The Morgan fingerprint density at radius 3 is 1.44 bits per heavy atom. The first kappa shape index (κ1) is 29.7. The summed E-state index contributed by atoms with van der Waals surface area (Å²) in [6, 6.07) is 0. The van der Waals surface area contributed by atoms with E-state index in [1.807, 2.05) is 6.92 Å². The van der Waals surface area contributed by atoms with E-state index < -0.39 is 5.60 Å². The zero-order chi connectivity index (χ0) is 27.9. The third kappa shape index (κ3) is 6.08. The second-order valence-electron chi connectivity index (χ2n) is 15.5. The Labute approximate surface area is 238 Å². The van der Waals surface area contributed by atoms with Gasteiger partial charge in [0.25, 0.3) is 0 Å². The van der Waals surface area contributed by atoms with Crippen molar-refractivity contribution in [3.05, 3.63) is 0 Å². The molecule has 0 bridgehead atoms. The van der Waals surface area contributed by atoms with Crippen molar-refractivity contribution in [3.8, 4) is 0 Å². The van der Waals surface area contributed by atoms with E-state index >= 15 is 0 Å². The minimum absolute atomic E-state index is 0.176. The van der Waals surface area contributed by atoms with Gasteiger partial charge in [0.05, 0.1) is 17.8 Å². The summed E-state index contributed by atoms with van der Waals surface area (Å²) >= 11 is 0. The van der Waals surface area contributed by atoms with Gasteiger partial charge in [-0.15, -0.1) is 0 Å². The smallest absolute Gasteiger partial charge is 0.139 e. The Hall–Kier alpha value is -0.740. The van der Waals surface area contributed by atoms with E-state index in [1.165, 1.54) is 19.3 Å². The Balaban J connectivity index is 1.15. The Morgan fingerprint density at radius 2 is 1.03 bits per heavy atom. The molecule has 5 fully saturated rings. The van der Waals surface area contributed by atoms with Crippen LogP contribution in [0.3, 0.4) is 0 Å². The number of Topliss-reactive ketones (excluding diaryl/α,β-unsaturated/α-hetero) is 2. The molecule has 5 aliphatic rings. The molecule has 0 aromatic carbocycles. The van der Waals surface area contributed by atoms with Crippen LogP contribution in [0.5, 0.6) is 0 Å². The lowest BCUT2D eigenvalue weighted by Gasteiger charge is -2.41. The predicted octanol–water partition coefficient (Wildman–Crippen LogP) is 7.93. The molecule has 1 N–H and O–H groups in total. The van der Waals surface area contributed by atoms with Crippen LogP contribution >= 0.6 is 0 Å². The van der Waals surface area contributed by atoms with Crippen LogP contribution in [-0.2, 0) is 14.3 Å². The molecular weight excluding hydrogens is 484 g/mol. The molecule has 1 heterocycles. The highest BCUT2D eigenvalue weighted by atomic mass is 16.5. The summed E-state index contributed by atoms with van der Waals surface area (Å²) in [7, 11) is 0. The van der Waals surface area contributed by atoms with Crippen molar-refractivity contribution in [2.24, 2.45) is 52.8 Å². The monoisotopic (exact) mass is 542 g/mol. The van der Waals surface area contributed by atoms with Crippen molar-refractivity contribution in [2.75, 3.05) is 0 Å². The minimum atomic E-state index is -0.595. The SMILES string of the molecule is CCC(C)(C)C1CCC(C(=O)C2CCC3OC4CCC(C(=O)C5CCC(C(C)(O)CC)CC5)CC4C3C2)CC1.